The number of rotatable bonds is 11. The van der Waals surface area contributed by atoms with Gasteiger partial charge in [-0.25, -0.2) is 5.48 Å². The zero-order valence-corrected chi connectivity index (χ0v) is 20.2. The molecule has 3 amide bonds. The standard InChI is InChI=1S/C25H39N3O4/c1-17(2)15-22(23(29)26-28(16-18(3)4)25(31)19(5)6)21(24(30)27-32)14-10-13-20-11-8-7-9-12-20/h7-13,17-19,21-22,32H,14-16H2,1-6H3,(H,26,29)(H,27,30)/b13-10+/t21-,22+/m0/s1. The van der Waals surface area contributed by atoms with E-state index in [0.29, 0.717) is 13.0 Å². The molecular weight excluding hydrogens is 406 g/mol. The van der Waals surface area contributed by atoms with Gasteiger partial charge in [0.1, 0.15) is 0 Å². The SMILES string of the molecule is CC(C)C[C@@H](C(=O)NN(CC(C)C)C(=O)C(C)C)[C@H](C/C=C/c1ccccc1)C(=O)NO. The van der Waals surface area contributed by atoms with Gasteiger partial charge in [0.15, 0.2) is 0 Å². The summed E-state index contributed by atoms with van der Waals surface area (Å²) in [7, 11) is 0. The van der Waals surface area contributed by atoms with Gasteiger partial charge in [0, 0.05) is 12.5 Å². The van der Waals surface area contributed by atoms with E-state index in [2.05, 4.69) is 5.43 Å². The van der Waals surface area contributed by atoms with Gasteiger partial charge < -0.3 is 0 Å². The van der Waals surface area contributed by atoms with Crippen LogP contribution in [0.25, 0.3) is 6.08 Å². The van der Waals surface area contributed by atoms with Crippen molar-refractivity contribution in [2.45, 2.75) is 54.4 Å². The normalized spacial score (nSPS) is 13.4. The molecule has 1 aromatic rings. The molecule has 178 valence electrons. The fourth-order valence-corrected chi connectivity index (χ4v) is 3.50. The lowest BCUT2D eigenvalue weighted by molar-refractivity contribution is -0.149. The first-order valence-corrected chi connectivity index (χ1v) is 11.3. The number of amides is 3. The average Bonchev–Trinajstić information content (AvgIpc) is 2.74. The zero-order valence-electron chi connectivity index (χ0n) is 20.2. The summed E-state index contributed by atoms with van der Waals surface area (Å²) in [5.41, 5.74) is 5.46. The number of hydrogen-bond acceptors (Lipinski definition) is 4. The highest BCUT2D eigenvalue weighted by Crippen LogP contribution is 2.26. The summed E-state index contributed by atoms with van der Waals surface area (Å²) < 4.78 is 0. The van der Waals surface area contributed by atoms with E-state index in [4.69, 9.17) is 0 Å². The number of hydrazine groups is 1. The molecule has 1 rings (SSSR count). The molecule has 0 aliphatic heterocycles. The van der Waals surface area contributed by atoms with Gasteiger partial charge in [0.25, 0.3) is 0 Å². The van der Waals surface area contributed by atoms with Gasteiger partial charge in [0.2, 0.25) is 17.7 Å². The van der Waals surface area contributed by atoms with Crippen LogP contribution in [0.5, 0.6) is 0 Å². The van der Waals surface area contributed by atoms with E-state index in [1.807, 2.05) is 70.2 Å². The Morgan fingerprint density at radius 1 is 0.938 bits per heavy atom. The smallest absolute Gasteiger partial charge is 0.247 e. The van der Waals surface area contributed by atoms with Crippen molar-refractivity contribution in [1.29, 1.82) is 0 Å². The van der Waals surface area contributed by atoms with Gasteiger partial charge in [0.05, 0.1) is 11.8 Å². The predicted octanol–water partition coefficient (Wildman–Crippen LogP) is 4.05. The maximum Gasteiger partial charge on any atom is 0.247 e. The number of benzene rings is 1. The molecule has 0 aliphatic carbocycles. The number of carbonyl (C=O) groups excluding carboxylic acids is 3. The second-order valence-corrected chi connectivity index (χ2v) is 9.34. The Kier molecular flexibility index (Phi) is 11.7. The van der Waals surface area contributed by atoms with Crippen LogP contribution in [-0.4, -0.2) is 34.5 Å². The number of hydroxylamine groups is 1. The third-order valence-electron chi connectivity index (χ3n) is 5.05. The summed E-state index contributed by atoms with van der Waals surface area (Å²) in [6.45, 7) is 11.8. The Hall–Kier alpha value is -2.67. The van der Waals surface area contributed by atoms with Crippen molar-refractivity contribution in [2.24, 2.45) is 29.6 Å². The van der Waals surface area contributed by atoms with E-state index >= 15 is 0 Å². The fraction of sp³-hybridized carbons (Fsp3) is 0.560. The zero-order chi connectivity index (χ0) is 24.3. The minimum absolute atomic E-state index is 0.136. The second-order valence-electron chi connectivity index (χ2n) is 9.34. The molecule has 32 heavy (non-hydrogen) atoms. The molecule has 0 saturated carbocycles. The highest BCUT2D eigenvalue weighted by molar-refractivity contribution is 5.89. The van der Waals surface area contributed by atoms with E-state index in [-0.39, 0.29) is 30.1 Å². The molecule has 0 spiro atoms. The van der Waals surface area contributed by atoms with Crippen LogP contribution in [-0.2, 0) is 14.4 Å². The average molecular weight is 446 g/mol. The molecule has 3 N–H and O–H groups in total. The van der Waals surface area contributed by atoms with E-state index in [1.165, 1.54) is 5.01 Å². The first kappa shape index (κ1) is 27.4. The Bertz CT molecular complexity index is 760. The van der Waals surface area contributed by atoms with Crippen LogP contribution in [0.4, 0.5) is 0 Å². The van der Waals surface area contributed by atoms with Gasteiger partial charge in [-0.15, -0.1) is 0 Å². The number of hydrogen-bond donors (Lipinski definition) is 3. The molecule has 0 fully saturated rings. The molecule has 7 nitrogen and oxygen atoms in total. The van der Waals surface area contributed by atoms with Crippen molar-refractivity contribution >= 4 is 23.8 Å². The largest absolute Gasteiger partial charge is 0.289 e. The second kappa shape index (κ2) is 13.7. The quantitative estimate of drug-likeness (QED) is 0.353. The summed E-state index contributed by atoms with van der Waals surface area (Å²) in [4.78, 5) is 38.5. The molecule has 0 radical (unpaired) electrons. The molecule has 0 unspecified atom stereocenters. The van der Waals surface area contributed by atoms with Crippen molar-refractivity contribution in [3.05, 3.63) is 42.0 Å². The third kappa shape index (κ3) is 9.22. The predicted molar refractivity (Wildman–Crippen MR) is 126 cm³/mol. The topological polar surface area (TPSA) is 98.7 Å². The molecule has 0 aromatic heterocycles. The summed E-state index contributed by atoms with van der Waals surface area (Å²) in [5, 5.41) is 10.7. The van der Waals surface area contributed by atoms with E-state index in [9.17, 15) is 19.6 Å². The van der Waals surface area contributed by atoms with E-state index < -0.39 is 23.7 Å². The maximum absolute atomic E-state index is 13.3. The highest BCUT2D eigenvalue weighted by Gasteiger charge is 2.35. The molecule has 0 aliphatic rings. The first-order valence-electron chi connectivity index (χ1n) is 11.3. The van der Waals surface area contributed by atoms with Gasteiger partial charge in [-0.2, -0.15) is 0 Å². The van der Waals surface area contributed by atoms with Gasteiger partial charge in [-0.3, -0.25) is 30.0 Å². The Labute approximate surface area is 192 Å². The maximum atomic E-state index is 13.3. The van der Waals surface area contributed by atoms with E-state index in [1.54, 1.807) is 19.3 Å². The van der Waals surface area contributed by atoms with Crippen molar-refractivity contribution in [2.75, 3.05) is 6.54 Å². The summed E-state index contributed by atoms with van der Waals surface area (Å²) in [6, 6.07) is 9.64. The van der Waals surface area contributed by atoms with Gasteiger partial charge >= 0.3 is 0 Å². The lowest BCUT2D eigenvalue weighted by atomic mass is 9.82. The van der Waals surface area contributed by atoms with Crippen molar-refractivity contribution < 1.29 is 19.6 Å². The molecule has 0 saturated heterocycles. The molecule has 0 heterocycles. The van der Waals surface area contributed by atoms with Crippen LogP contribution < -0.4 is 10.9 Å². The van der Waals surface area contributed by atoms with Crippen LogP contribution in [0.15, 0.2) is 36.4 Å². The number of nitrogens with one attached hydrogen (secondary N) is 2. The van der Waals surface area contributed by atoms with Crippen molar-refractivity contribution in [3.63, 3.8) is 0 Å². The van der Waals surface area contributed by atoms with Crippen molar-refractivity contribution in [3.8, 4) is 0 Å². The monoisotopic (exact) mass is 445 g/mol. The molecule has 7 heteroatoms. The van der Waals surface area contributed by atoms with Crippen LogP contribution in [0, 0.1) is 29.6 Å². The minimum atomic E-state index is -0.780. The highest BCUT2D eigenvalue weighted by atomic mass is 16.5. The van der Waals surface area contributed by atoms with Crippen LogP contribution in [0.3, 0.4) is 0 Å². The molecular formula is C25H39N3O4. The van der Waals surface area contributed by atoms with Crippen LogP contribution in [0.1, 0.15) is 59.9 Å². The lowest BCUT2D eigenvalue weighted by Gasteiger charge is -2.31. The Balaban J connectivity index is 3.13. The Morgan fingerprint density at radius 2 is 1.56 bits per heavy atom. The number of carbonyl (C=O) groups is 3. The fourth-order valence-electron chi connectivity index (χ4n) is 3.50. The first-order chi connectivity index (χ1) is 15.1. The molecule has 0 bridgehead atoms. The van der Waals surface area contributed by atoms with Crippen LogP contribution in [0.2, 0.25) is 0 Å². The number of allylic oxidation sites excluding steroid dienone is 1. The van der Waals surface area contributed by atoms with Gasteiger partial charge in [-0.05, 0) is 30.2 Å². The summed E-state index contributed by atoms with van der Waals surface area (Å²) >= 11 is 0. The lowest BCUT2D eigenvalue weighted by Crippen LogP contribution is -2.53. The molecule has 2 atom stereocenters. The van der Waals surface area contributed by atoms with E-state index in [0.717, 1.165) is 5.56 Å². The Morgan fingerprint density at radius 3 is 2.06 bits per heavy atom. The number of nitrogens with zero attached hydrogens (tertiary/aromatic N) is 1. The van der Waals surface area contributed by atoms with Crippen molar-refractivity contribution in [1.82, 2.24) is 15.9 Å². The van der Waals surface area contributed by atoms with Gasteiger partial charge in [-0.1, -0.05) is 84.0 Å². The molecule has 1 aromatic carbocycles. The summed E-state index contributed by atoms with van der Waals surface area (Å²) in [6.07, 6.45) is 4.43. The van der Waals surface area contributed by atoms with Crippen LogP contribution >= 0.6 is 0 Å². The summed E-state index contributed by atoms with van der Waals surface area (Å²) in [5.74, 6) is -2.66. The minimum Gasteiger partial charge on any atom is -0.289 e. The third-order valence-corrected chi connectivity index (χ3v) is 5.05.